The lowest BCUT2D eigenvalue weighted by atomic mass is 9.98. The number of para-hydroxylation sites is 1. The summed E-state index contributed by atoms with van der Waals surface area (Å²) in [5.41, 5.74) is 2.39. The largest absolute Gasteiger partial charge is 0.481 e. The van der Waals surface area contributed by atoms with Crippen molar-refractivity contribution in [3.63, 3.8) is 0 Å². The molecule has 5 nitrogen and oxygen atoms in total. The van der Waals surface area contributed by atoms with E-state index in [1.807, 2.05) is 24.3 Å². The van der Waals surface area contributed by atoms with Crippen molar-refractivity contribution in [2.45, 2.75) is 39.2 Å². The van der Waals surface area contributed by atoms with Gasteiger partial charge < -0.3 is 15.4 Å². The second-order valence-electron chi connectivity index (χ2n) is 7.64. The van der Waals surface area contributed by atoms with Gasteiger partial charge in [-0.1, -0.05) is 38.1 Å². The van der Waals surface area contributed by atoms with Crippen molar-refractivity contribution in [3.8, 4) is 5.75 Å². The highest BCUT2D eigenvalue weighted by Gasteiger charge is 2.18. The van der Waals surface area contributed by atoms with Crippen LogP contribution in [0.2, 0.25) is 0 Å². The van der Waals surface area contributed by atoms with Gasteiger partial charge in [0.15, 0.2) is 6.10 Å². The predicted octanol–water partition coefficient (Wildman–Crippen LogP) is 6.00. The van der Waals surface area contributed by atoms with Crippen molar-refractivity contribution in [1.82, 2.24) is 0 Å². The first-order chi connectivity index (χ1) is 15.4. The Labute approximate surface area is 187 Å². The van der Waals surface area contributed by atoms with E-state index in [1.165, 1.54) is 24.3 Å². The van der Waals surface area contributed by atoms with E-state index in [4.69, 9.17) is 4.74 Å². The summed E-state index contributed by atoms with van der Waals surface area (Å²) in [6, 6.07) is 19.8. The molecule has 0 fully saturated rings. The summed E-state index contributed by atoms with van der Waals surface area (Å²) < 4.78 is 19.0. The minimum Gasteiger partial charge on any atom is -0.481 e. The van der Waals surface area contributed by atoms with Crippen molar-refractivity contribution in [2.75, 3.05) is 10.6 Å². The monoisotopic (exact) mass is 434 g/mol. The summed E-state index contributed by atoms with van der Waals surface area (Å²) in [7, 11) is 0. The third kappa shape index (κ3) is 5.94. The molecule has 2 atom stereocenters. The van der Waals surface area contributed by atoms with Gasteiger partial charge in [-0.15, -0.1) is 0 Å². The average molecular weight is 435 g/mol. The van der Waals surface area contributed by atoms with Crippen LogP contribution in [-0.4, -0.2) is 17.9 Å². The van der Waals surface area contributed by atoms with E-state index in [0.717, 1.165) is 12.0 Å². The summed E-state index contributed by atoms with van der Waals surface area (Å²) >= 11 is 0. The first kappa shape index (κ1) is 23.0. The maximum Gasteiger partial charge on any atom is 0.265 e. The normalized spacial score (nSPS) is 12.5. The molecule has 0 heterocycles. The van der Waals surface area contributed by atoms with Crippen LogP contribution in [0.15, 0.2) is 72.8 Å². The van der Waals surface area contributed by atoms with E-state index in [-0.39, 0.29) is 17.6 Å². The number of halogens is 1. The lowest BCUT2D eigenvalue weighted by Gasteiger charge is -2.19. The highest BCUT2D eigenvalue weighted by Crippen LogP contribution is 2.29. The second kappa shape index (κ2) is 10.6. The molecule has 3 aromatic carbocycles. The van der Waals surface area contributed by atoms with Gasteiger partial charge in [0.1, 0.15) is 11.6 Å². The molecule has 0 spiro atoms. The van der Waals surface area contributed by atoms with Gasteiger partial charge in [-0.25, -0.2) is 4.39 Å². The van der Waals surface area contributed by atoms with E-state index in [1.54, 1.807) is 31.2 Å². The zero-order valence-electron chi connectivity index (χ0n) is 18.4. The summed E-state index contributed by atoms with van der Waals surface area (Å²) in [6.45, 7) is 5.92. The fourth-order valence-corrected chi connectivity index (χ4v) is 3.18. The zero-order chi connectivity index (χ0) is 23.1. The number of carbonyl (C=O) groups is 2. The summed E-state index contributed by atoms with van der Waals surface area (Å²) in [5.74, 6) is -0.0509. The molecule has 0 aromatic heterocycles. The Morgan fingerprint density at radius 2 is 1.62 bits per heavy atom. The van der Waals surface area contributed by atoms with Crippen LogP contribution in [-0.2, 0) is 4.79 Å². The SMILES string of the molecule is CCC(C)c1ccccc1OC(C)C(=O)Nc1cccc(C(=O)Nc2ccc(F)cc2)c1. The van der Waals surface area contributed by atoms with Crippen LogP contribution < -0.4 is 15.4 Å². The third-order valence-corrected chi connectivity index (χ3v) is 5.23. The molecule has 0 radical (unpaired) electrons. The molecule has 6 heteroatoms. The molecular weight excluding hydrogens is 407 g/mol. The second-order valence-corrected chi connectivity index (χ2v) is 7.64. The molecule has 166 valence electrons. The number of hydrogen-bond acceptors (Lipinski definition) is 3. The molecule has 0 aliphatic heterocycles. The van der Waals surface area contributed by atoms with Gasteiger partial charge in [-0.3, -0.25) is 9.59 Å². The van der Waals surface area contributed by atoms with Crippen molar-refractivity contribution in [1.29, 1.82) is 0 Å². The van der Waals surface area contributed by atoms with Gasteiger partial charge in [-0.05, 0) is 73.4 Å². The van der Waals surface area contributed by atoms with Crippen LogP contribution >= 0.6 is 0 Å². The van der Waals surface area contributed by atoms with Gasteiger partial charge in [-0.2, -0.15) is 0 Å². The van der Waals surface area contributed by atoms with E-state index in [0.29, 0.717) is 28.6 Å². The number of benzene rings is 3. The van der Waals surface area contributed by atoms with Crippen molar-refractivity contribution < 1.29 is 18.7 Å². The number of carbonyl (C=O) groups excluding carboxylic acids is 2. The molecule has 0 saturated carbocycles. The topological polar surface area (TPSA) is 67.4 Å². The molecule has 0 bridgehead atoms. The molecule has 0 aliphatic carbocycles. The van der Waals surface area contributed by atoms with Gasteiger partial charge in [0, 0.05) is 16.9 Å². The maximum absolute atomic E-state index is 13.0. The standard InChI is InChI=1S/C26H27FN2O3/c1-4-17(2)23-10-5-6-11-24(23)32-18(3)25(30)29-22-9-7-8-19(16-22)26(31)28-21-14-12-20(27)13-15-21/h5-18H,4H2,1-3H3,(H,28,31)(H,29,30). The van der Waals surface area contributed by atoms with Crippen molar-refractivity contribution in [3.05, 3.63) is 89.7 Å². The Morgan fingerprint density at radius 3 is 2.34 bits per heavy atom. The quantitative estimate of drug-likeness (QED) is 0.457. The Balaban J connectivity index is 1.65. The predicted molar refractivity (Wildman–Crippen MR) is 125 cm³/mol. The van der Waals surface area contributed by atoms with Crippen LogP contribution in [0.3, 0.4) is 0 Å². The van der Waals surface area contributed by atoms with Gasteiger partial charge >= 0.3 is 0 Å². The number of anilines is 2. The van der Waals surface area contributed by atoms with Gasteiger partial charge in [0.05, 0.1) is 0 Å². The highest BCUT2D eigenvalue weighted by atomic mass is 19.1. The molecule has 2 unspecified atom stereocenters. The molecule has 32 heavy (non-hydrogen) atoms. The lowest BCUT2D eigenvalue weighted by molar-refractivity contribution is -0.122. The average Bonchev–Trinajstić information content (AvgIpc) is 2.80. The number of nitrogens with one attached hydrogen (secondary N) is 2. The Bertz CT molecular complexity index is 1080. The molecule has 0 aliphatic rings. The number of rotatable bonds is 8. The Hall–Kier alpha value is -3.67. The van der Waals surface area contributed by atoms with Crippen LogP contribution in [0.1, 0.15) is 49.0 Å². The lowest BCUT2D eigenvalue weighted by Crippen LogP contribution is -2.30. The number of hydrogen-bond donors (Lipinski definition) is 2. The fourth-order valence-electron chi connectivity index (χ4n) is 3.18. The summed E-state index contributed by atoms with van der Waals surface area (Å²) in [4.78, 5) is 25.2. The summed E-state index contributed by atoms with van der Waals surface area (Å²) in [5, 5.41) is 5.50. The van der Waals surface area contributed by atoms with Crippen molar-refractivity contribution in [2.24, 2.45) is 0 Å². The van der Waals surface area contributed by atoms with Crippen LogP contribution in [0.4, 0.5) is 15.8 Å². The van der Waals surface area contributed by atoms with Crippen molar-refractivity contribution >= 4 is 23.2 Å². The van der Waals surface area contributed by atoms with Crippen LogP contribution in [0.25, 0.3) is 0 Å². The minimum absolute atomic E-state index is 0.317. The molecule has 3 rings (SSSR count). The van der Waals surface area contributed by atoms with E-state index in [9.17, 15) is 14.0 Å². The summed E-state index contributed by atoms with van der Waals surface area (Å²) in [6.07, 6.45) is 0.241. The molecule has 3 aromatic rings. The molecule has 2 N–H and O–H groups in total. The minimum atomic E-state index is -0.725. The smallest absolute Gasteiger partial charge is 0.265 e. The Kier molecular flexibility index (Phi) is 7.60. The van der Waals surface area contributed by atoms with Crippen LogP contribution in [0.5, 0.6) is 5.75 Å². The van der Waals surface area contributed by atoms with E-state index < -0.39 is 6.10 Å². The third-order valence-electron chi connectivity index (χ3n) is 5.23. The van der Waals surface area contributed by atoms with Gasteiger partial charge in [0.25, 0.3) is 11.8 Å². The molecule has 2 amide bonds. The highest BCUT2D eigenvalue weighted by molar-refractivity contribution is 6.05. The first-order valence-corrected chi connectivity index (χ1v) is 10.6. The Morgan fingerprint density at radius 1 is 0.906 bits per heavy atom. The number of ether oxygens (including phenoxy) is 1. The molecule has 0 saturated heterocycles. The van der Waals surface area contributed by atoms with Crippen LogP contribution in [0, 0.1) is 5.82 Å². The first-order valence-electron chi connectivity index (χ1n) is 10.6. The van der Waals surface area contributed by atoms with E-state index >= 15 is 0 Å². The number of amides is 2. The maximum atomic E-state index is 13.0. The zero-order valence-corrected chi connectivity index (χ0v) is 18.4. The fraction of sp³-hybridized carbons (Fsp3) is 0.231. The van der Waals surface area contributed by atoms with Gasteiger partial charge in [0.2, 0.25) is 0 Å². The van der Waals surface area contributed by atoms with E-state index in [2.05, 4.69) is 24.5 Å². The molecular formula is C26H27FN2O3.